The molecule has 1 N–H and O–H groups in total. The Kier molecular flexibility index (Phi) is 2.04. The van der Waals surface area contributed by atoms with Gasteiger partial charge in [-0.2, -0.15) is 0 Å². The second-order valence-corrected chi connectivity index (χ2v) is 3.11. The van der Waals surface area contributed by atoms with Crippen LogP contribution in [0.3, 0.4) is 0 Å². The Morgan fingerprint density at radius 1 is 1.50 bits per heavy atom. The molecule has 4 nitrogen and oxygen atoms in total. The van der Waals surface area contributed by atoms with E-state index >= 15 is 0 Å². The number of amides is 1. The van der Waals surface area contributed by atoms with E-state index in [4.69, 9.17) is 9.47 Å². The molecule has 1 atom stereocenters. The number of methoxy groups -OCH3 is 1. The Morgan fingerprint density at radius 2 is 2.29 bits per heavy atom. The van der Waals surface area contributed by atoms with Crippen molar-refractivity contribution in [3.05, 3.63) is 18.2 Å². The van der Waals surface area contributed by atoms with Crippen molar-refractivity contribution in [1.82, 2.24) is 0 Å². The van der Waals surface area contributed by atoms with Gasteiger partial charge in [-0.15, -0.1) is 0 Å². The van der Waals surface area contributed by atoms with Gasteiger partial charge < -0.3 is 14.8 Å². The number of carbonyl (C=O) groups is 1. The molecule has 74 valence electrons. The van der Waals surface area contributed by atoms with Crippen LogP contribution in [-0.2, 0) is 4.79 Å². The molecule has 0 saturated carbocycles. The average molecular weight is 193 g/mol. The average Bonchev–Trinajstić information content (AvgIpc) is 2.19. The lowest BCUT2D eigenvalue weighted by Gasteiger charge is -2.23. The van der Waals surface area contributed by atoms with E-state index in [0.717, 1.165) is 0 Å². The summed E-state index contributed by atoms with van der Waals surface area (Å²) < 4.78 is 10.4. The number of ether oxygens (including phenoxy) is 2. The monoisotopic (exact) mass is 193 g/mol. The smallest absolute Gasteiger partial charge is 0.265 e. The predicted octanol–water partition coefficient (Wildman–Crippen LogP) is 1.41. The van der Waals surface area contributed by atoms with Gasteiger partial charge in [-0.25, -0.2) is 0 Å². The van der Waals surface area contributed by atoms with Crippen LogP contribution in [0.25, 0.3) is 0 Å². The molecule has 0 spiro atoms. The van der Waals surface area contributed by atoms with Crippen molar-refractivity contribution in [2.24, 2.45) is 0 Å². The lowest BCUT2D eigenvalue weighted by atomic mass is 10.2. The number of hydrogen-bond donors (Lipinski definition) is 1. The molecule has 4 heteroatoms. The van der Waals surface area contributed by atoms with Crippen molar-refractivity contribution in [3.8, 4) is 11.5 Å². The minimum atomic E-state index is -0.434. The summed E-state index contributed by atoms with van der Waals surface area (Å²) in [6, 6.07) is 5.31. The first-order valence-corrected chi connectivity index (χ1v) is 4.36. The maximum atomic E-state index is 11.3. The molecule has 0 bridgehead atoms. The SMILES string of the molecule is COc1ccc2c(c1)NC(=O)C(C)O2. The summed E-state index contributed by atoms with van der Waals surface area (Å²) in [5, 5.41) is 2.74. The highest BCUT2D eigenvalue weighted by molar-refractivity contribution is 5.97. The molecule has 0 aliphatic carbocycles. The van der Waals surface area contributed by atoms with Crippen molar-refractivity contribution in [2.75, 3.05) is 12.4 Å². The van der Waals surface area contributed by atoms with Gasteiger partial charge in [0.2, 0.25) is 0 Å². The maximum Gasteiger partial charge on any atom is 0.265 e. The first-order valence-electron chi connectivity index (χ1n) is 4.36. The van der Waals surface area contributed by atoms with Crippen molar-refractivity contribution in [1.29, 1.82) is 0 Å². The second kappa shape index (κ2) is 3.21. The van der Waals surface area contributed by atoms with Gasteiger partial charge in [0.05, 0.1) is 12.8 Å². The van der Waals surface area contributed by atoms with Gasteiger partial charge >= 0.3 is 0 Å². The molecule has 1 unspecified atom stereocenters. The summed E-state index contributed by atoms with van der Waals surface area (Å²) in [5.74, 6) is 1.24. The van der Waals surface area contributed by atoms with E-state index in [-0.39, 0.29) is 5.91 Å². The van der Waals surface area contributed by atoms with E-state index in [1.54, 1.807) is 32.2 Å². The maximum absolute atomic E-state index is 11.3. The molecule has 1 amide bonds. The second-order valence-electron chi connectivity index (χ2n) is 3.11. The van der Waals surface area contributed by atoms with Gasteiger partial charge in [-0.05, 0) is 19.1 Å². The van der Waals surface area contributed by atoms with Crippen LogP contribution in [0.15, 0.2) is 18.2 Å². The minimum absolute atomic E-state index is 0.134. The lowest BCUT2D eigenvalue weighted by Crippen LogP contribution is -2.34. The van der Waals surface area contributed by atoms with Crippen LogP contribution in [-0.4, -0.2) is 19.1 Å². The number of fused-ring (bicyclic) bond motifs is 1. The van der Waals surface area contributed by atoms with Crippen LogP contribution in [0.4, 0.5) is 5.69 Å². The molecule has 1 aliphatic rings. The van der Waals surface area contributed by atoms with E-state index in [1.807, 2.05) is 0 Å². The summed E-state index contributed by atoms with van der Waals surface area (Å²) in [6.45, 7) is 1.71. The molecule has 14 heavy (non-hydrogen) atoms. The Bertz CT molecular complexity index is 376. The summed E-state index contributed by atoms with van der Waals surface area (Å²) >= 11 is 0. The third-order valence-electron chi connectivity index (χ3n) is 2.12. The number of hydrogen-bond acceptors (Lipinski definition) is 3. The third kappa shape index (κ3) is 1.39. The van der Waals surface area contributed by atoms with Crippen LogP contribution >= 0.6 is 0 Å². The molecule has 1 aliphatic heterocycles. The van der Waals surface area contributed by atoms with E-state index in [2.05, 4.69) is 5.32 Å². The van der Waals surface area contributed by atoms with Crippen molar-refractivity contribution < 1.29 is 14.3 Å². The van der Waals surface area contributed by atoms with Gasteiger partial charge in [-0.1, -0.05) is 0 Å². The summed E-state index contributed by atoms with van der Waals surface area (Å²) in [6.07, 6.45) is -0.434. The largest absolute Gasteiger partial charge is 0.497 e. The predicted molar refractivity (Wildman–Crippen MR) is 51.7 cm³/mol. The fourth-order valence-corrected chi connectivity index (χ4v) is 1.31. The summed E-state index contributed by atoms with van der Waals surface area (Å²) in [7, 11) is 1.58. The molecule has 0 saturated heterocycles. The highest BCUT2D eigenvalue weighted by Crippen LogP contribution is 2.32. The zero-order valence-electron chi connectivity index (χ0n) is 8.03. The van der Waals surface area contributed by atoms with Crippen LogP contribution in [0.2, 0.25) is 0 Å². The van der Waals surface area contributed by atoms with Gasteiger partial charge in [0.25, 0.3) is 5.91 Å². The normalized spacial score (nSPS) is 19.3. The molecule has 1 aromatic carbocycles. The molecular formula is C10H11NO3. The zero-order chi connectivity index (χ0) is 10.1. The van der Waals surface area contributed by atoms with Crippen LogP contribution < -0.4 is 14.8 Å². The van der Waals surface area contributed by atoms with Gasteiger partial charge in [0.1, 0.15) is 11.5 Å². The molecule has 1 heterocycles. The molecule has 1 aromatic rings. The molecule has 0 radical (unpaired) electrons. The third-order valence-corrected chi connectivity index (χ3v) is 2.12. The zero-order valence-corrected chi connectivity index (χ0v) is 8.03. The van der Waals surface area contributed by atoms with E-state index in [9.17, 15) is 4.79 Å². The van der Waals surface area contributed by atoms with Crippen LogP contribution in [0.5, 0.6) is 11.5 Å². The lowest BCUT2D eigenvalue weighted by molar-refractivity contribution is -0.122. The minimum Gasteiger partial charge on any atom is -0.497 e. The van der Waals surface area contributed by atoms with Crippen molar-refractivity contribution >= 4 is 11.6 Å². The van der Waals surface area contributed by atoms with Crippen LogP contribution in [0, 0.1) is 0 Å². The fourth-order valence-electron chi connectivity index (χ4n) is 1.31. The number of anilines is 1. The Hall–Kier alpha value is -1.71. The van der Waals surface area contributed by atoms with Crippen molar-refractivity contribution in [2.45, 2.75) is 13.0 Å². The Morgan fingerprint density at radius 3 is 3.00 bits per heavy atom. The van der Waals surface area contributed by atoms with Gasteiger partial charge in [-0.3, -0.25) is 4.79 Å². The summed E-state index contributed by atoms with van der Waals surface area (Å²) in [5.41, 5.74) is 0.660. The highest BCUT2D eigenvalue weighted by atomic mass is 16.5. The number of rotatable bonds is 1. The topological polar surface area (TPSA) is 47.6 Å². The number of carbonyl (C=O) groups excluding carboxylic acids is 1. The molecule has 0 fully saturated rings. The summed E-state index contributed by atoms with van der Waals surface area (Å²) in [4.78, 5) is 11.3. The Labute approximate surface area is 81.8 Å². The molecular weight excluding hydrogens is 182 g/mol. The fraction of sp³-hybridized carbons (Fsp3) is 0.300. The van der Waals surface area contributed by atoms with Crippen LogP contribution in [0.1, 0.15) is 6.92 Å². The molecule has 0 aromatic heterocycles. The Balaban J connectivity index is 2.37. The molecule has 2 rings (SSSR count). The standard InChI is InChI=1S/C10H11NO3/c1-6-10(12)11-8-5-7(13-2)3-4-9(8)14-6/h3-6H,1-2H3,(H,11,12). The first kappa shape index (κ1) is 8.87. The first-order chi connectivity index (χ1) is 6.70. The van der Waals surface area contributed by atoms with E-state index in [0.29, 0.717) is 17.2 Å². The van der Waals surface area contributed by atoms with E-state index < -0.39 is 6.10 Å². The van der Waals surface area contributed by atoms with Gasteiger partial charge in [0, 0.05) is 6.07 Å². The number of nitrogens with one attached hydrogen (secondary N) is 1. The van der Waals surface area contributed by atoms with Gasteiger partial charge in [0.15, 0.2) is 6.10 Å². The van der Waals surface area contributed by atoms with Crippen molar-refractivity contribution in [3.63, 3.8) is 0 Å². The quantitative estimate of drug-likeness (QED) is 0.733. The highest BCUT2D eigenvalue weighted by Gasteiger charge is 2.23. The van der Waals surface area contributed by atoms with E-state index in [1.165, 1.54) is 0 Å². The number of benzene rings is 1.